The minimum Gasteiger partial charge on any atom is -0.433 e. The lowest BCUT2D eigenvalue weighted by atomic mass is 9.99. The molecule has 0 radical (unpaired) electrons. The number of hydrogen-bond acceptors (Lipinski definition) is 3. The first-order valence-corrected chi connectivity index (χ1v) is 5.60. The normalized spacial score (nSPS) is 12.1. The number of carbonyl (C=O) groups is 1. The molecule has 1 rings (SSSR count). The molecule has 6 heteroatoms. The average molecular weight is 276 g/mol. The van der Waals surface area contributed by atoms with E-state index in [0.717, 1.165) is 18.2 Å². The van der Waals surface area contributed by atoms with Gasteiger partial charge < -0.3 is 9.47 Å². The van der Waals surface area contributed by atoms with Crippen LogP contribution in [-0.4, -0.2) is 12.8 Å². The molecule has 0 fully saturated rings. The summed E-state index contributed by atoms with van der Waals surface area (Å²) >= 11 is 0. The predicted molar refractivity (Wildman–Crippen MR) is 62.9 cm³/mol. The molecule has 0 aliphatic carbocycles. The second-order valence-electron chi connectivity index (χ2n) is 5.23. The number of hydrogen-bond donors (Lipinski definition) is 0. The van der Waals surface area contributed by atoms with Gasteiger partial charge in [0.2, 0.25) is 0 Å². The van der Waals surface area contributed by atoms with Gasteiger partial charge in [0.15, 0.2) is 0 Å². The highest BCUT2D eigenvalue weighted by Crippen LogP contribution is 2.31. The fourth-order valence-electron chi connectivity index (χ4n) is 1.14. The van der Waals surface area contributed by atoms with E-state index in [1.165, 1.54) is 6.07 Å². The summed E-state index contributed by atoms with van der Waals surface area (Å²) in [4.78, 5) is 11.3. The van der Waals surface area contributed by atoms with Crippen molar-refractivity contribution in [1.82, 2.24) is 0 Å². The maximum Gasteiger partial charge on any atom is 0.513 e. The van der Waals surface area contributed by atoms with Crippen molar-refractivity contribution in [1.29, 1.82) is 0 Å². The van der Waals surface area contributed by atoms with Crippen LogP contribution in [0.15, 0.2) is 24.3 Å². The second kappa shape index (κ2) is 5.50. The van der Waals surface area contributed by atoms with Gasteiger partial charge in [-0.2, -0.15) is 13.2 Å². The second-order valence-corrected chi connectivity index (χ2v) is 5.23. The van der Waals surface area contributed by atoms with E-state index in [-0.39, 0.29) is 17.8 Å². The summed E-state index contributed by atoms with van der Waals surface area (Å²) in [6, 6.07) is 4.06. The summed E-state index contributed by atoms with van der Waals surface area (Å²) in [5.74, 6) is -0.200. The Morgan fingerprint density at radius 2 is 1.84 bits per heavy atom. The number of rotatable bonds is 2. The van der Waals surface area contributed by atoms with Crippen LogP contribution >= 0.6 is 0 Å². The first kappa shape index (κ1) is 15.3. The topological polar surface area (TPSA) is 35.5 Å². The molecule has 0 aliphatic rings. The Morgan fingerprint density at radius 1 is 1.21 bits per heavy atom. The lowest BCUT2D eigenvalue weighted by Gasteiger charge is -2.17. The Kier molecular flexibility index (Phi) is 4.44. The number of ether oxygens (including phenoxy) is 2. The molecule has 106 valence electrons. The Bertz CT molecular complexity index is 447. The number of carbonyl (C=O) groups excluding carboxylic acids is 1. The van der Waals surface area contributed by atoms with E-state index in [4.69, 9.17) is 4.74 Å². The van der Waals surface area contributed by atoms with Crippen molar-refractivity contribution >= 4 is 6.16 Å². The van der Waals surface area contributed by atoms with E-state index in [1.807, 2.05) is 20.8 Å². The standard InChI is InChI=1S/C13H15F3O3/c1-12(2,3)8-18-11(17)19-10-6-4-5-9(7-10)13(14,15)16/h4-7H,8H2,1-3H3. The first-order chi connectivity index (χ1) is 8.58. The third-order valence-corrected chi connectivity index (χ3v) is 1.99. The molecule has 0 atom stereocenters. The summed E-state index contributed by atoms with van der Waals surface area (Å²) in [5.41, 5.74) is -1.12. The first-order valence-electron chi connectivity index (χ1n) is 5.60. The third kappa shape index (κ3) is 5.63. The Hall–Kier alpha value is -1.72. The van der Waals surface area contributed by atoms with Gasteiger partial charge in [0.1, 0.15) is 5.75 Å². The molecule has 0 spiro atoms. The average Bonchev–Trinajstić information content (AvgIpc) is 2.25. The van der Waals surface area contributed by atoms with Gasteiger partial charge in [-0.05, 0) is 23.6 Å². The summed E-state index contributed by atoms with van der Waals surface area (Å²) < 4.78 is 46.8. The van der Waals surface area contributed by atoms with Crippen molar-refractivity contribution in [3.8, 4) is 5.75 Å². The highest BCUT2D eigenvalue weighted by molar-refractivity contribution is 5.63. The minimum absolute atomic E-state index is 0.116. The van der Waals surface area contributed by atoms with Crippen LogP contribution in [-0.2, 0) is 10.9 Å². The molecular formula is C13H15F3O3. The predicted octanol–water partition coefficient (Wildman–Crippen LogP) is 4.27. The van der Waals surface area contributed by atoms with Gasteiger partial charge >= 0.3 is 12.3 Å². The lowest BCUT2D eigenvalue weighted by Crippen LogP contribution is -2.20. The Labute approximate surface area is 109 Å². The fourth-order valence-corrected chi connectivity index (χ4v) is 1.14. The van der Waals surface area contributed by atoms with Crippen molar-refractivity contribution in [2.75, 3.05) is 6.61 Å². The highest BCUT2D eigenvalue weighted by Gasteiger charge is 2.30. The zero-order chi connectivity index (χ0) is 14.7. The SMILES string of the molecule is CC(C)(C)COC(=O)Oc1cccc(C(F)(F)F)c1. The molecule has 0 amide bonds. The molecule has 0 heterocycles. The Balaban J connectivity index is 2.65. The molecule has 0 aliphatic heterocycles. The maximum atomic E-state index is 12.4. The fraction of sp³-hybridized carbons (Fsp3) is 0.462. The van der Waals surface area contributed by atoms with E-state index in [9.17, 15) is 18.0 Å². The number of alkyl halides is 3. The smallest absolute Gasteiger partial charge is 0.433 e. The molecule has 19 heavy (non-hydrogen) atoms. The van der Waals surface area contributed by atoms with Gasteiger partial charge in [0, 0.05) is 0 Å². The van der Waals surface area contributed by atoms with Crippen molar-refractivity contribution in [2.45, 2.75) is 26.9 Å². The van der Waals surface area contributed by atoms with Crippen LogP contribution in [0.3, 0.4) is 0 Å². The van der Waals surface area contributed by atoms with Crippen LogP contribution in [0.4, 0.5) is 18.0 Å². The molecule has 1 aromatic rings. The molecule has 0 aromatic heterocycles. The van der Waals surface area contributed by atoms with Gasteiger partial charge in [0.05, 0.1) is 12.2 Å². The maximum absolute atomic E-state index is 12.4. The van der Waals surface area contributed by atoms with E-state index in [2.05, 4.69) is 4.74 Å². The summed E-state index contributed by atoms with van der Waals surface area (Å²) in [5, 5.41) is 0. The van der Waals surface area contributed by atoms with E-state index in [0.29, 0.717) is 0 Å². The van der Waals surface area contributed by atoms with E-state index < -0.39 is 17.9 Å². The van der Waals surface area contributed by atoms with Crippen LogP contribution in [0.5, 0.6) is 5.75 Å². The van der Waals surface area contributed by atoms with Crippen LogP contribution in [0.1, 0.15) is 26.3 Å². The molecule has 0 unspecified atom stereocenters. The number of halogens is 3. The van der Waals surface area contributed by atoms with Gasteiger partial charge in [-0.25, -0.2) is 4.79 Å². The minimum atomic E-state index is -4.48. The summed E-state index contributed by atoms with van der Waals surface area (Å²) in [6.07, 6.45) is -5.50. The van der Waals surface area contributed by atoms with Crippen molar-refractivity contribution in [3.63, 3.8) is 0 Å². The van der Waals surface area contributed by atoms with Crippen molar-refractivity contribution < 1.29 is 27.4 Å². The zero-order valence-corrected chi connectivity index (χ0v) is 10.9. The highest BCUT2D eigenvalue weighted by atomic mass is 19.4. The molecule has 1 aromatic carbocycles. The largest absolute Gasteiger partial charge is 0.513 e. The van der Waals surface area contributed by atoms with E-state index >= 15 is 0 Å². The van der Waals surface area contributed by atoms with Gasteiger partial charge in [-0.1, -0.05) is 26.8 Å². The van der Waals surface area contributed by atoms with Crippen LogP contribution in [0.2, 0.25) is 0 Å². The molecule has 3 nitrogen and oxygen atoms in total. The van der Waals surface area contributed by atoms with Gasteiger partial charge in [-0.15, -0.1) is 0 Å². The number of benzene rings is 1. The van der Waals surface area contributed by atoms with Crippen LogP contribution in [0.25, 0.3) is 0 Å². The molecule has 0 bridgehead atoms. The van der Waals surface area contributed by atoms with Crippen LogP contribution in [0, 0.1) is 5.41 Å². The third-order valence-electron chi connectivity index (χ3n) is 1.99. The monoisotopic (exact) mass is 276 g/mol. The zero-order valence-electron chi connectivity index (χ0n) is 10.9. The van der Waals surface area contributed by atoms with Gasteiger partial charge in [-0.3, -0.25) is 0 Å². The Morgan fingerprint density at radius 3 is 2.37 bits per heavy atom. The lowest BCUT2D eigenvalue weighted by molar-refractivity contribution is -0.137. The van der Waals surface area contributed by atoms with E-state index in [1.54, 1.807) is 0 Å². The summed E-state index contributed by atoms with van der Waals surface area (Å²) in [6.45, 7) is 5.67. The molecule has 0 saturated heterocycles. The van der Waals surface area contributed by atoms with Gasteiger partial charge in [0.25, 0.3) is 0 Å². The summed E-state index contributed by atoms with van der Waals surface area (Å²) in [7, 11) is 0. The quantitative estimate of drug-likeness (QED) is 0.598. The van der Waals surface area contributed by atoms with Crippen molar-refractivity contribution in [2.24, 2.45) is 5.41 Å². The van der Waals surface area contributed by atoms with Crippen LogP contribution < -0.4 is 4.74 Å². The molecule has 0 saturated carbocycles. The molecular weight excluding hydrogens is 261 g/mol. The molecule has 0 N–H and O–H groups in total. The van der Waals surface area contributed by atoms with Crippen molar-refractivity contribution in [3.05, 3.63) is 29.8 Å².